The maximum absolute atomic E-state index is 12.3. The Balaban J connectivity index is 1.99. The van der Waals surface area contributed by atoms with Crippen molar-refractivity contribution < 1.29 is 14.3 Å². The molecule has 0 aliphatic rings. The number of H-pyrrole nitrogens is 1. The summed E-state index contributed by atoms with van der Waals surface area (Å²) in [5.41, 5.74) is 0.697. The van der Waals surface area contributed by atoms with E-state index >= 15 is 0 Å². The Hall–Kier alpha value is -2.32. The molecule has 0 unspecified atom stereocenters. The summed E-state index contributed by atoms with van der Waals surface area (Å²) in [4.78, 5) is 42.0. The minimum absolute atomic E-state index is 0.110. The molecule has 0 radical (unpaired) electrons. The van der Waals surface area contributed by atoms with E-state index in [1.807, 2.05) is 18.2 Å². The predicted molar refractivity (Wildman–Crippen MR) is 99.2 cm³/mol. The number of hydrogen-bond donors (Lipinski definition) is 2. The van der Waals surface area contributed by atoms with Gasteiger partial charge in [0.2, 0.25) is 5.91 Å². The van der Waals surface area contributed by atoms with Gasteiger partial charge >= 0.3 is 5.97 Å². The SMILES string of the molecule is COC(=O)Cc1cc(=O)[nH]c(S[C@H](C)C(=O)NCc2ccccc2Cl)n1. The summed E-state index contributed by atoms with van der Waals surface area (Å²) >= 11 is 7.15. The van der Waals surface area contributed by atoms with Gasteiger partial charge in [0, 0.05) is 17.6 Å². The van der Waals surface area contributed by atoms with Crippen molar-refractivity contribution in [1.82, 2.24) is 15.3 Å². The van der Waals surface area contributed by atoms with E-state index in [4.69, 9.17) is 11.6 Å². The molecule has 2 aromatic rings. The van der Waals surface area contributed by atoms with Crippen molar-refractivity contribution >= 4 is 35.2 Å². The van der Waals surface area contributed by atoms with Gasteiger partial charge in [-0.25, -0.2) is 4.98 Å². The third-order valence-electron chi connectivity index (χ3n) is 3.39. The van der Waals surface area contributed by atoms with Crippen molar-refractivity contribution in [3.8, 4) is 0 Å². The Morgan fingerprint density at radius 2 is 2.12 bits per heavy atom. The number of carbonyl (C=O) groups excluding carboxylic acids is 2. The van der Waals surface area contributed by atoms with E-state index in [-0.39, 0.29) is 23.2 Å². The molecule has 0 aliphatic heterocycles. The monoisotopic (exact) mass is 395 g/mol. The molecule has 2 N–H and O–H groups in total. The second-order valence-electron chi connectivity index (χ2n) is 5.36. The number of ether oxygens (including phenoxy) is 1. The number of esters is 1. The van der Waals surface area contributed by atoms with E-state index in [1.54, 1.807) is 13.0 Å². The maximum atomic E-state index is 12.3. The summed E-state index contributed by atoms with van der Waals surface area (Å²) < 4.78 is 4.56. The van der Waals surface area contributed by atoms with Crippen LogP contribution in [-0.4, -0.2) is 34.2 Å². The molecule has 0 spiro atoms. The maximum Gasteiger partial charge on any atom is 0.311 e. The van der Waals surface area contributed by atoms with Crippen molar-refractivity contribution in [2.24, 2.45) is 0 Å². The Labute approximate surface area is 159 Å². The van der Waals surface area contributed by atoms with Gasteiger partial charge in [0.15, 0.2) is 5.16 Å². The summed E-state index contributed by atoms with van der Waals surface area (Å²) in [6, 6.07) is 8.46. The summed E-state index contributed by atoms with van der Waals surface area (Å²) in [6.45, 7) is 2.00. The van der Waals surface area contributed by atoms with E-state index in [0.717, 1.165) is 17.3 Å². The number of nitrogens with zero attached hydrogens (tertiary/aromatic N) is 1. The number of aromatic nitrogens is 2. The van der Waals surface area contributed by atoms with Crippen LogP contribution in [0.15, 0.2) is 40.3 Å². The molecule has 7 nitrogen and oxygen atoms in total. The molecular formula is C17H18ClN3O4S. The number of aromatic amines is 1. The number of methoxy groups -OCH3 is 1. The van der Waals surface area contributed by atoms with Crippen LogP contribution in [0.2, 0.25) is 5.02 Å². The number of rotatable bonds is 7. The molecule has 1 heterocycles. The highest BCUT2D eigenvalue weighted by molar-refractivity contribution is 8.00. The van der Waals surface area contributed by atoms with Crippen molar-refractivity contribution in [3.63, 3.8) is 0 Å². The number of benzene rings is 1. The standard InChI is InChI=1S/C17H18ClN3O4S/c1-10(16(24)19-9-11-5-3-4-6-13(11)18)26-17-20-12(7-14(22)21-17)8-15(23)25-2/h3-7,10H,8-9H2,1-2H3,(H,19,24)(H,20,21,22)/t10-/m1/s1. The quantitative estimate of drug-likeness (QED) is 0.422. The van der Waals surface area contributed by atoms with Crippen LogP contribution in [0, 0.1) is 0 Å². The van der Waals surface area contributed by atoms with E-state index in [1.165, 1.54) is 13.2 Å². The van der Waals surface area contributed by atoms with Gasteiger partial charge in [-0.15, -0.1) is 0 Å². The highest BCUT2D eigenvalue weighted by Crippen LogP contribution is 2.19. The molecule has 2 rings (SSSR count). The number of nitrogens with one attached hydrogen (secondary N) is 2. The molecule has 9 heteroatoms. The summed E-state index contributed by atoms with van der Waals surface area (Å²) in [5.74, 6) is -0.722. The molecule has 0 bridgehead atoms. The average Bonchev–Trinajstić information content (AvgIpc) is 2.60. The van der Waals surface area contributed by atoms with Gasteiger partial charge in [0.05, 0.1) is 24.5 Å². The highest BCUT2D eigenvalue weighted by Gasteiger charge is 2.17. The zero-order valence-corrected chi connectivity index (χ0v) is 15.8. The normalized spacial score (nSPS) is 11.7. The topological polar surface area (TPSA) is 101 Å². The third kappa shape index (κ3) is 5.89. The van der Waals surface area contributed by atoms with Crippen LogP contribution >= 0.6 is 23.4 Å². The van der Waals surface area contributed by atoms with E-state index in [9.17, 15) is 14.4 Å². The van der Waals surface area contributed by atoms with Crippen LogP contribution in [0.4, 0.5) is 0 Å². The Bertz CT molecular complexity index is 856. The first-order chi connectivity index (χ1) is 12.4. The van der Waals surface area contributed by atoms with Gasteiger partial charge < -0.3 is 15.0 Å². The largest absolute Gasteiger partial charge is 0.469 e. The first-order valence-corrected chi connectivity index (χ1v) is 8.99. The second-order valence-corrected chi connectivity index (χ2v) is 7.10. The fourth-order valence-corrected chi connectivity index (χ4v) is 3.10. The average molecular weight is 396 g/mol. The lowest BCUT2D eigenvalue weighted by molar-refractivity contribution is -0.139. The highest BCUT2D eigenvalue weighted by atomic mass is 35.5. The lowest BCUT2D eigenvalue weighted by Crippen LogP contribution is -2.30. The molecule has 26 heavy (non-hydrogen) atoms. The molecular weight excluding hydrogens is 378 g/mol. The van der Waals surface area contributed by atoms with Crippen LogP contribution in [0.25, 0.3) is 0 Å². The minimum Gasteiger partial charge on any atom is -0.469 e. The number of carbonyl (C=O) groups is 2. The number of thioether (sulfide) groups is 1. The Morgan fingerprint density at radius 1 is 1.38 bits per heavy atom. The van der Waals surface area contributed by atoms with E-state index in [0.29, 0.717) is 11.6 Å². The van der Waals surface area contributed by atoms with Crippen molar-refractivity contribution in [2.75, 3.05) is 7.11 Å². The first-order valence-electron chi connectivity index (χ1n) is 7.74. The Morgan fingerprint density at radius 3 is 2.81 bits per heavy atom. The fraction of sp³-hybridized carbons (Fsp3) is 0.294. The van der Waals surface area contributed by atoms with E-state index < -0.39 is 16.8 Å². The lowest BCUT2D eigenvalue weighted by Gasteiger charge is -2.12. The van der Waals surface area contributed by atoms with Crippen LogP contribution in [0.1, 0.15) is 18.2 Å². The van der Waals surface area contributed by atoms with Crippen molar-refractivity contribution in [1.29, 1.82) is 0 Å². The van der Waals surface area contributed by atoms with Crippen LogP contribution in [-0.2, 0) is 27.3 Å². The summed E-state index contributed by atoms with van der Waals surface area (Å²) in [6.07, 6.45) is -0.110. The van der Waals surface area contributed by atoms with E-state index in [2.05, 4.69) is 20.0 Å². The zero-order valence-electron chi connectivity index (χ0n) is 14.2. The van der Waals surface area contributed by atoms with Crippen molar-refractivity contribution in [3.05, 3.63) is 57.0 Å². The number of halogens is 1. The van der Waals surface area contributed by atoms with Crippen LogP contribution in [0.3, 0.4) is 0 Å². The van der Waals surface area contributed by atoms with Crippen LogP contribution < -0.4 is 10.9 Å². The van der Waals surface area contributed by atoms with Gasteiger partial charge in [-0.1, -0.05) is 41.6 Å². The minimum atomic E-state index is -0.506. The predicted octanol–water partition coefficient (Wildman–Crippen LogP) is 1.94. The Kier molecular flexibility index (Phi) is 7.23. The third-order valence-corrected chi connectivity index (χ3v) is 4.75. The summed E-state index contributed by atoms with van der Waals surface area (Å²) in [7, 11) is 1.26. The smallest absolute Gasteiger partial charge is 0.311 e. The van der Waals surface area contributed by atoms with Crippen molar-refractivity contribution in [2.45, 2.75) is 30.3 Å². The molecule has 1 atom stereocenters. The lowest BCUT2D eigenvalue weighted by atomic mass is 10.2. The van der Waals surface area contributed by atoms with Gasteiger partial charge in [-0.05, 0) is 18.6 Å². The summed E-state index contributed by atoms with van der Waals surface area (Å²) in [5, 5.41) is 3.13. The molecule has 0 saturated carbocycles. The number of hydrogen-bond acceptors (Lipinski definition) is 6. The number of amides is 1. The van der Waals surface area contributed by atoms with Crippen LogP contribution in [0.5, 0.6) is 0 Å². The zero-order chi connectivity index (χ0) is 19.1. The van der Waals surface area contributed by atoms with Gasteiger partial charge in [0.1, 0.15) is 0 Å². The molecule has 0 fully saturated rings. The fourth-order valence-electron chi connectivity index (χ4n) is 2.04. The van der Waals surface area contributed by atoms with Gasteiger partial charge in [-0.2, -0.15) is 0 Å². The first kappa shape index (κ1) is 20.0. The molecule has 1 amide bonds. The molecule has 138 valence electrons. The molecule has 0 aliphatic carbocycles. The molecule has 1 aromatic carbocycles. The van der Waals surface area contributed by atoms with Gasteiger partial charge in [0.25, 0.3) is 5.56 Å². The molecule has 0 saturated heterocycles. The van der Waals surface area contributed by atoms with Gasteiger partial charge in [-0.3, -0.25) is 14.4 Å². The second kappa shape index (κ2) is 9.40. The molecule has 1 aromatic heterocycles.